The zero-order valence-corrected chi connectivity index (χ0v) is 25.8. The van der Waals surface area contributed by atoms with E-state index >= 15 is 0 Å². The van der Waals surface area contributed by atoms with Crippen molar-refractivity contribution in [1.29, 1.82) is 0 Å². The number of hydrogen-bond donors (Lipinski definition) is 3. The second-order valence-electron chi connectivity index (χ2n) is 9.11. The molecule has 3 N–H and O–H groups in total. The van der Waals surface area contributed by atoms with E-state index in [-0.39, 0.29) is 31.1 Å². The van der Waals surface area contributed by atoms with Crippen LogP contribution in [0.2, 0.25) is 0 Å². The number of phenols is 1. The van der Waals surface area contributed by atoms with Crippen molar-refractivity contribution in [3.8, 4) is 22.8 Å². The summed E-state index contributed by atoms with van der Waals surface area (Å²) < 4.78 is 34.6. The third-order valence-electron chi connectivity index (χ3n) is 5.85. The number of nitrogens with one attached hydrogen (secondary N) is 2. The molecule has 12 nitrogen and oxygen atoms in total. The Hall–Kier alpha value is -4.91. The van der Waals surface area contributed by atoms with Gasteiger partial charge in [-0.3, -0.25) is 0 Å². The van der Waals surface area contributed by atoms with Crippen molar-refractivity contribution in [1.82, 2.24) is 15.0 Å². The van der Waals surface area contributed by atoms with E-state index in [1.807, 2.05) is 30.3 Å². The average molecular weight is 662 g/mol. The van der Waals surface area contributed by atoms with Crippen molar-refractivity contribution >= 4 is 51.6 Å². The number of hydrazone groups is 1. The number of aryl methyl sites for hydroxylation is 2. The number of nitrogens with zero attached hydrogens (tertiary/aromatic N) is 6. The van der Waals surface area contributed by atoms with Crippen molar-refractivity contribution in [2.75, 3.05) is 17.3 Å². The molecule has 43 heavy (non-hydrogen) atoms. The van der Waals surface area contributed by atoms with E-state index in [2.05, 4.69) is 35.4 Å². The molecule has 0 aliphatic carbocycles. The third kappa shape index (κ3) is 7.49. The summed E-state index contributed by atoms with van der Waals surface area (Å²) in [7, 11) is -2.41. The summed E-state index contributed by atoms with van der Waals surface area (Å²) in [5.41, 5.74) is 7.04. The Morgan fingerprint density at radius 1 is 0.907 bits per heavy atom. The number of benzene rings is 3. The van der Waals surface area contributed by atoms with E-state index in [4.69, 9.17) is 9.72 Å². The number of ether oxygens (including phenoxy) is 1. The van der Waals surface area contributed by atoms with Gasteiger partial charge in [0.1, 0.15) is 0 Å². The molecule has 5 rings (SSSR count). The van der Waals surface area contributed by atoms with Gasteiger partial charge < -0.3 is 0 Å². The summed E-state index contributed by atoms with van der Waals surface area (Å²) in [5.74, 6) is 0.406. The van der Waals surface area contributed by atoms with Crippen molar-refractivity contribution in [2.24, 2.45) is 15.3 Å². The van der Waals surface area contributed by atoms with E-state index in [0.717, 1.165) is 11.1 Å². The molecule has 218 valence electrons. The van der Waals surface area contributed by atoms with Crippen molar-refractivity contribution in [3.63, 3.8) is 0 Å². The van der Waals surface area contributed by atoms with E-state index in [1.165, 1.54) is 25.3 Å². The maximum atomic E-state index is 12.9. The molecule has 2 heterocycles. The standard InChI is InChI=1S/C29H26N8O4SSe/c1-18-15-19(2)32-28(31-18)37-42(39,40)23-12-10-22(11-13-23)34-35-27-26(21-7-5-4-6-8-21)33-29(43-27)36-30-17-20-9-14-24(38)25(16-20)41-3/h4-17,38H,1-3H3,(H,33,36)(H,31,32,37). The number of hydrogen-bond acceptors (Lipinski definition) is 11. The number of phenolic OH excluding ortho intramolecular Hbond substituents is 1. The van der Waals surface area contributed by atoms with Crippen LogP contribution in [0.1, 0.15) is 17.0 Å². The monoisotopic (exact) mass is 662 g/mol. The zero-order chi connectivity index (χ0) is 30.4. The van der Waals surface area contributed by atoms with E-state index < -0.39 is 10.0 Å². The number of methoxy groups -OCH3 is 1. The van der Waals surface area contributed by atoms with Crippen LogP contribution >= 0.6 is 0 Å². The van der Waals surface area contributed by atoms with Crippen LogP contribution in [0.3, 0.4) is 0 Å². The third-order valence-corrected chi connectivity index (χ3v) is 8.96. The van der Waals surface area contributed by atoms with Crippen molar-refractivity contribution in [2.45, 2.75) is 18.7 Å². The molecular weight excluding hydrogens is 635 g/mol. The number of rotatable bonds is 10. The second-order valence-corrected chi connectivity index (χ2v) is 12.8. The SMILES string of the molecule is COc1cc(C=NNc2nc(-c3ccccc3)c(N=Nc3ccc(S(=O)(=O)Nc4nc(C)cc(C)n4)cc3)[se]2)ccc1O. The first-order chi connectivity index (χ1) is 20.7. The Labute approximate surface area is 254 Å². The van der Waals surface area contributed by atoms with Gasteiger partial charge in [-0.05, 0) is 19.9 Å². The molecule has 0 aliphatic rings. The van der Waals surface area contributed by atoms with Crippen LogP contribution in [0.4, 0.5) is 20.9 Å². The van der Waals surface area contributed by atoms with Crippen LogP contribution in [0.25, 0.3) is 11.3 Å². The van der Waals surface area contributed by atoms with E-state index in [9.17, 15) is 13.5 Å². The number of azo groups is 1. The van der Waals surface area contributed by atoms with Gasteiger partial charge in [-0.1, -0.05) is 0 Å². The fourth-order valence-corrected chi connectivity index (χ4v) is 6.43. The molecule has 0 bridgehead atoms. The molecular formula is C29H26N8O4SSe. The van der Waals surface area contributed by atoms with Gasteiger partial charge in [-0.15, -0.1) is 0 Å². The number of anilines is 2. The Bertz CT molecular complexity index is 1890. The molecule has 5 aromatic rings. The van der Waals surface area contributed by atoms with Gasteiger partial charge in [0.25, 0.3) is 0 Å². The Morgan fingerprint density at radius 2 is 1.63 bits per heavy atom. The van der Waals surface area contributed by atoms with Crippen molar-refractivity contribution in [3.05, 3.63) is 95.8 Å². The summed E-state index contributed by atoms with van der Waals surface area (Å²) in [6.45, 7) is 3.53. The molecule has 14 heteroatoms. The van der Waals surface area contributed by atoms with Gasteiger partial charge in [0.05, 0.1) is 0 Å². The summed E-state index contributed by atoms with van der Waals surface area (Å²) in [6.07, 6.45) is 1.60. The minimum absolute atomic E-state index is 0.0154. The van der Waals surface area contributed by atoms with Crippen LogP contribution in [-0.4, -0.2) is 56.3 Å². The number of sulfonamides is 1. The fraction of sp³-hybridized carbons (Fsp3) is 0.103. The zero-order valence-electron chi connectivity index (χ0n) is 23.3. The Kier molecular flexibility index (Phi) is 8.90. The average Bonchev–Trinajstić information content (AvgIpc) is 3.39. The van der Waals surface area contributed by atoms with Gasteiger partial charge in [0, 0.05) is 0 Å². The maximum absolute atomic E-state index is 12.9. The molecule has 0 fully saturated rings. The van der Waals surface area contributed by atoms with Gasteiger partial charge in [0.2, 0.25) is 0 Å². The van der Waals surface area contributed by atoms with E-state index in [0.29, 0.717) is 37.8 Å². The molecule has 0 spiro atoms. The van der Waals surface area contributed by atoms with E-state index in [1.54, 1.807) is 50.4 Å². The molecule has 0 radical (unpaired) electrons. The molecule has 0 saturated heterocycles. The molecule has 0 saturated carbocycles. The van der Waals surface area contributed by atoms with Crippen LogP contribution in [-0.2, 0) is 10.0 Å². The predicted molar refractivity (Wildman–Crippen MR) is 165 cm³/mol. The molecule has 0 unspecified atom stereocenters. The first-order valence-corrected chi connectivity index (χ1v) is 16.0. The first kappa shape index (κ1) is 29.6. The van der Waals surface area contributed by atoms with Crippen LogP contribution in [0.5, 0.6) is 11.5 Å². The molecule has 0 atom stereocenters. The summed E-state index contributed by atoms with van der Waals surface area (Å²) in [4.78, 5) is 13.0. The van der Waals surface area contributed by atoms with Crippen LogP contribution in [0.15, 0.2) is 99.1 Å². The van der Waals surface area contributed by atoms with Gasteiger partial charge in [-0.25, -0.2) is 0 Å². The fourth-order valence-electron chi connectivity index (χ4n) is 3.89. The molecule has 0 aliphatic heterocycles. The predicted octanol–water partition coefficient (Wildman–Crippen LogP) is 5.59. The quantitative estimate of drug-likeness (QED) is 0.0755. The molecule has 2 aromatic heterocycles. The van der Waals surface area contributed by atoms with Gasteiger partial charge in [0.15, 0.2) is 0 Å². The molecule has 3 aromatic carbocycles. The molecule has 0 amide bonds. The second kappa shape index (κ2) is 12.9. The van der Waals surface area contributed by atoms with Gasteiger partial charge in [-0.2, -0.15) is 0 Å². The Balaban J connectivity index is 1.34. The number of aromatic hydroxyl groups is 1. The minimum atomic E-state index is -3.89. The number of aromatic nitrogens is 3. The summed E-state index contributed by atoms with van der Waals surface area (Å²) in [5, 5.41) is 22.9. The topological polar surface area (TPSA) is 163 Å². The van der Waals surface area contributed by atoms with Gasteiger partial charge >= 0.3 is 235 Å². The Morgan fingerprint density at radius 3 is 2.33 bits per heavy atom. The summed E-state index contributed by atoms with van der Waals surface area (Å²) in [6, 6.07) is 22.3. The van der Waals surface area contributed by atoms with Crippen LogP contribution in [0, 0.1) is 13.8 Å². The van der Waals surface area contributed by atoms with Crippen molar-refractivity contribution < 1.29 is 18.3 Å². The van der Waals surface area contributed by atoms with Crippen LogP contribution < -0.4 is 14.9 Å². The normalized spacial score (nSPS) is 11.7. The first-order valence-electron chi connectivity index (χ1n) is 12.8. The summed E-state index contributed by atoms with van der Waals surface area (Å²) >= 11 is -0.336.